The number of benzene rings is 2. The molecular formula is C30H36F2N4O4. The fraction of sp³-hybridized carbons (Fsp3) is 0.433. The van der Waals surface area contributed by atoms with Crippen molar-refractivity contribution in [3.63, 3.8) is 0 Å². The molecule has 214 valence electrons. The number of aldehydes is 1. The van der Waals surface area contributed by atoms with Crippen molar-refractivity contribution < 1.29 is 28.3 Å². The van der Waals surface area contributed by atoms with E-state index in [0.29, 0.717) is 24.8 Å². The van der Waals surface area contributed by atoms with Crippen LogP contribution in [-0.2, 0) is 22.4 Å². The Balaban J connectivity index is 1.67. The van der Waals surface area contributed by atoms with E-state index in [1.807, 2.05) is 12.1 Å². The van der Waals surface area contributed by atoms with Crippen molar-refractivity contribution in [2.75, 3.05) is 31.5 Å². The van der Waals surface area contributed by atoms with E-state index < -0.39 is 47.4 Å². The number of aliphatic hydroxyl groups excluding tert-OH is 1. The third-order valence-electron chi connectivity index (χ3n) is 8.34. The summed E-state index contributed by atoms with van der Waals surface area (Å²) in [6.07, 6.45) is 0.674. The molecule has 40 heavy (non-hydrogen) atoms. The van der Waals surface area contributed by atoms with Crippen LogP contribution in [-0.4, -0.2) is 77.9 Å². The molecule has 10 heteroatoms. The van der Waals surface area contributed by atoms with Gasteiger partial charge in [0.25, 0.3) is 17.7 Å². The lowest BCUT2D eigenvalue weighted by Gasteiger charge is -2.43. The van der Waals surface area contributed by atoms with Crippen LogP contribution in [0.5, 0.6) is 0 Å². The average molecular weight is 555 g/mol. The Kier molecular flexibility index (Phi) is 8.41. The number of carbonyl (C=O) groups is 3. The molecule has 4 rings (SSSR count). The number of hydrogen-bond donors (Lipinski definition) is 4. The normalized spacial score (nSPS) is 22.1. The molecule has 0 unspecified atom stereocenters. The number of halogens is 2. The summed E-state index contributed by atoms with van der Waals surface area (Å²) in [5.74, 6) is -4.97. The molecule has 2 aromatic carbocycles. The SMILES string of the molecule is C=CCNC[C@]1(C=O)N(C(=O)[C@@H](O)[C@H](Cc2ccccc2)NC(=O)c2cccc3c2CCN3)CC(F)(F)C1(C)C. The van der Waals surface area contributed by atoms with Crippen LogP contribution in [0.1, 0.15) is 35.3 Å². The minimum atomic E-state index is -3.42. The molecule has 2 aliphatic heterocycles. The van der Waals surface area contributed by atoms with E-state index in [9.17, 15) is 19.5 Å². The maximum Gasteiger partial charge on any atom is 0.273 e. The van der Waals surface area contributed by atoms with Crippen molar-refractivity contribution in [3.05, 3.63) is 77.9 Å². The average Bonchev–Trinajstić information content (AvgIpc) is 3.48. The topological polar surface area (TPSA) is 111 Å². The zero-order chi connectivity index (χ0) is 29.1. The lowest BCUT2D eigenvalue weighted by Crippen LogP contribution is -2.65. The standard InChI is InChI=1S/C30H36F2N4O4/c1-4-14-33-17-29(19-37)28(2,3)30(31,32)18-36(29)27(40)25(38)24(16-20-9-6-5-7-10-20)35-26(39)22-11-8-12-23-21(22)13-15-34-23/h4-12,19,24-25,33-34,38H,1,13-18H2,2-3H3,(H,35,39)/t24-,25-,29+/m0/s1. The van der Waals surface area contributed by atoms with Crippen LogP contribution in [0, 0.1) is 5.41 Å². The molecule has 4 N–H and O–H groups in total. The summed E-state index contributed by atoms with van der Waals surface area (Å²) in [5.41, 5.74) is -1.10. The number of anilines is 1. The summed E-state index contributed by atoms with van der Waals surface area (Å²) in [4.78, 5) is 40.6. The van der Waals surface area contributed by atoms with Gasteiger partial charge >= 0.3 is 0 Å². The van der Waals surface area contributed by atoms with Gasteiger partial charge in [0.2, 0.25) is 0 Å². The summed E-state index contributed by atoms with van der Waals surface area (Å²) in [7, 11) is 0. The second kappa shape index (κ2) is 11.5. The maximum absolute atomic E-state index is 15.3. The molecule has 0 saturated carbocycles. The highest BCUT2D eigenvalue weighted by Crippen LogP contribution is 2.53. The van der Waals surface area contributed by atoms with Crippen molar-refractivity contribution in [1.82, 2.24) is 15.5 Å². The molecular weight excluding hydrogens is 518 g/mol. The van der Waals surface area contributed by atoms with Gasteiger partial charge in [0.05, 0.1) is 18.0 Å². The number of aliphatic hydroxyl groups is 1. The van der Waals surface area contributed by atoms with Crippen molar-refractivity contribution in [1.29, 1.82) is 0 Å². The van der Waals surface area contributed by atoms with Gasteiger partial charge in [0.15, 0.2) is 6.10 Å². The van der Waals surface area contributed by atoms with Gasteiger partial charge in [-0.2, -0.15) is 0 Å². The lowest BCUT2D eigenvalue weighted by atomic mass is 9.71. The van der Waals surface area contributed by atoms with E-state index in [4.69, 9.17) is 0 Å². The number of alkyl halides is 2. The Morgan fingerprint density at radius 1 is 1.18 bits per heavy atom. The molecule has 0 radical (unpaired) electrons. The van der Waals surface area contributed by atoms with E-state index >= 15 is 8.78 Å². The summed E-state index contributed by atoms with van der Waals surface area (Å²) in [6.45, 7) is 5.67. The summed E-state index contributed by atoms with van der Waals surface area (Å²) in [5, 5.41) is 20.3. The predicted molar refractivity (Wildman–Crippen MR) is 148 cm³/mol. The van der Waals surface area contributed by atoms with Crippen LogP contribution in [0.2, 0.25) is 0 Å². The third-order valence-corrected chi connectivity index (χ3v) is 8.34. The van der Waals surface area contributed by atoms with E-state index in [1.165, 1.54) is 19.9 Å². The summed E-state index contributed by atoms with van der Waals surface area (Å²) >= 11 is 0. The number of likely N-dealkylation sites (tertiary alicyclic amines) is 1. The number of nitrogens with zero attached hydrogens (tertiary/aromatic N) is 1. The van der Waals surface area contributed by atoms with Crippen molar-refractivity contribution in [2.24, 2.45) is 5.41 Å². The molecule has 2 heterocycles. The smallest absolute Gasteiger partial charge is 0.273 e. The highest BCUT2D eigenvalue weighted by Gasteiger charge is 2.70. The third kappa shape index (κ3) is 5.13. The second-order valence-corrected chi connectivity index (χ2v) is 10.9. The summed E-state index contributed by atoms with van der Waals surface area (Å²) in [6, 6.07) is 13.1. The maximum atomic E-state index is 15.3. The van der Waals surface area contributed by atoms with Gasteiger partial charge < -0.3 is 30.8 Å². The number of carbonyl (C=O) groups excluding carboxylic acids is 3. The molecule has 0 aliphatic carbocycles. The zero-order valence-corrected chi connectivity index (χ0v) is 22.8. The van der Waals surface area contributed by atoms with Gasteiger partial charge in [0.1, 0.15) is 11.8 Å². The molecule has 2 amide bonds. The Morgan fingerprint density at radius 2 is 1.90 bits per heavy atom. The first kappa shape index (κ1) is 29.4. The van der Waals surface area contributed by atoms with Crippen LogP contribution in [0.3, 0.4) is 0 Å². The van der Waals surface area contributed by atoms with E-state index in [-0.39, 0.29) is 19.5 Å². The van der Waals surface area contributed by atoms with Crippen molar-refractivity contribution >= 4 is 23.8 Å². The Hall–Kier alpha value is -3.63. The molecule has 1 saturated heterocycles. The largest absolute Gasteiger partial charge is 0.384 e. The van der Waals surface area contributed by atoms with Gasteiger partial charge in [-0.05, 0) is 36.1 Å². The van der Waals surface area contributed by atoms with E-state index in [1.54, 1.807) is 36.4 Å². The minimum absolute atomic E-state index is 0.0587. The quantitative estimate of drug-likeness (QED) is 0.193. The molecule has 0 spiro atoms. The minimum Gasteiger partial charge on any atom is -0.384 e. The van der Waals surface area contributed by atoms with E-state index in [0.717, 1.165) is 21.7 Å². The van der Waals surface area contributed by atoms with Crippen molar-refractivity contribution in [2.45, 2.75) is 50.3 Å². The summed E-state index contributed by atoms with van der Waals surface area (Å²) < 4.78 is 30.7. The Bertz CT molecular complexity index is 1270. The van der Waals surface area contributed by atoms with Gasteiger partial charge in [-0.15, -0.1) is 6.58 Å². The fourth-order valence-corrected chi connectivity index (χ4v) is 5.64. The van der Waals surface area contributed by atoms with Crippen molar-refractivity contribution in [3.8, 4) is 0 Å². The first-order chi connectivity index (χ1) is 19.0. The lowest BCUT2D eigenvalue weighted by molar-refractivity contribution is -0.151. The first-order valence-electron chi connectivity index (χ1n) is 13.3. The number of nitrogens with one attached hydrogen (secondary N) is 3. The van der Waals surface area contributed by atoms with Crippen LogP contribution in [0.4, 0.5) is 14.5 Å². The zero-order valence-electron chi connectivity index (χ0n) is 22.8. The van der Waals surface area contributed by atoms with Crippen LogP contribution in [0.15, 0.2) is 61.2 Å². The van der Waals surface area contributed by atoms with Crippen LogP contribution in [0.25, 0.3) is 0 Å². The first-order valence-corrected chi connectivity index (χ1v) is 13.3. The highest BCUT2D eigenvalue weighted by molar-refractivity contribution is 5.98. The second-order valence-electron chi connectivity index (χ2n) is 10.9. The van der Waals surface area contributed by atoms with Gasteiger partial charge in [-0.25, -0.2) is 8.78 Å². The highest BCUT2D eigenvalue weighted by atomic mass is 19.3. The van der Waals surface area contributed by atoms with Gasteiger partial charge in [-0.3, -0.25) is 9.59 Å². The van der Waals surface area contributed by atoms with Crippen LogP contribution < -0.4 is 16.0 Å². The molecule has 1 fully saturated rings. The Morgan fingerprint density at radius 3 is 2.58 bits per heavy atom. The molecule has 3 atom stereocenters. The molecule has 0 aromatic heterocycles. The monoisotopic (exact) mass is 554 g/mol. The number of amides is 2. The number of rotatable bonds is 11. The molecule has 2 aliphatic rings. The predicted octanol–water partition coefficient (Wildman–Crippen LogP) is 2.57. The van der Waals surface area contributed by atoms with Gasteiger partial charge in [-0.1, -0.05) is 56.3 Å². The number of hydrogen-bond acceptors (Lipinski definition) is 6. The molecule has 8 nitrogen and oxygen atoms in total. The molecule has 0 bridgehead atoms. The fourth-order valence-electron chi connectivity index (χ4n) is 5.64. The van der Waals surface area contributed by atoms with Gasteiger partial charge in [0, 0.05) is 30.9 Å². The van der Waals surface area contributed by atoms with Crippen LogP contribution >= 0.6 is 0 Å². The number of fused-ring (bicyclic) bond motifs is 1. The van der Waals surface area contributed by atoms with E-state index in [2.05, 4.69) is 22.5 Å². The Labute approximate surface area is 232 Å². The molecule has 2 aromatic rings.